The molecule has 4 aromatic rings. The predicted molar refractivity (Wildman–Crippen MR) is 156 cm³/mol. The molecule has 0 radical (unpaired) electrons. The van der Waals surface area contributed by atoms with Gasteiger partial charge >= 0.3 is 17.9 Å². The Bertz CT molecular complexity index is 1680. The quantitative estimate of drug-likeness (QED) is 0.173. The summed E-state index contributed by atoms with van der Waals surface area (Å²) in [7, 11) is 2.49. The highest BCUT2D eigenvalue weighted by Gasteiger charge is 2.31. The van der Waals surface area contributed by atoms with E-state index in [0.29, 0.717) is 17.3 Å². The number of aromatic amines is 1. The van der Waals surface area contributed by atoms with Crippen LogP contribution in [0, 0.1) is 41.2 Å². The molecule has 0 bridgehead atoms. The van der Waals surface area contributed by atoms with E-state index in [1.807, 2.05) is 65.0 Å². The van der Waals surface area contributed by atoms with Crippen LogP contribution < -0.4 is 4.74 Å². The van der Waals surface area contributed by atoms with E-state index < -0.39 is 17.9 Å². The average molecular weight is 572 g/mol. The summed E-state index contributed by atoms with van der Waals surface area (Å²) < 4.78 is 17.0. The number of fused-ring (bicyclic) bond motifs is 1. The molecule has 2 aromatic carbocycles. The minimum absolute atomic E-state index is 0.00660. The lowest BCUT2D eigenvalue weighted by Gasteiger charge is -2.19. The van der Waals surface area contributed by atoms with E-state index in [0.717, 1.165) is 33.4 Å². The Morgan fingerprint density at radius 2 is 1.45 bits per heavy atom. The molecule has 2 heterocycles. The van der Waals surface area contributed by atoms with Gasteiger partial charge < -0.3 is 14.2 Å². The number of nitrogens with one attached hydrogen (secondary N) is 1. The van der Waals surface area contributed by atoms with Crippen molar-refractivity contribution in [1.29, 1.82) is 0 Å². The zero-order valence-corrected chi connectivity index (χ0v) is 24.7. The number of aryl methyl sites for hydroxylation is 5. The van der Waals surface area contributed by atoms with Crippen molar-refractivity contribution < 1.29 is 28.6 Å². The third-order valence-corrected chi connectivity index (χ3v) is 6.80. The fourth-order valence-electron chi connectivity index (χ4n) is 5.10. The van der Waals surface area contributed by atoms with E-state index in [2.05, 4.69) is 9.94 Å². The third-order valence-electron chi connectivity index (χ3n) is 6.80. The van der Waals surface area contributed by atoms with E-state index >= 15 is 0 Å². The third kappa shape index (κ3) is 6.19. The van der Waals surface area contributed by atoms with Gasteiger partial charge in [-0.3, -0.25) is 24.1 Å². The number of ether oxygens (including phenoxy) is 3. The topological polar surface area (TPSA) is 120 Å². The number of hydrogen-bond donors (Lipinski definition) is 1. The molecule has 11 nitrogen and oxygen atoms in total. The molecular formula is C31H33N5O6. The molecule has 0 unspecified atom stereocenters. The van der Waals surface area contributed by atoms with Crippen LogP contribution in [-0.2, 0) is 25.6 Å². The molecule has 1 N–H and O–H groups in total. The van der Waals surface area contributed by atoms with Crippen LogP contribution in [0.15, 0.2) is 30.3 Å². The molecule has 4 rings (SSSR count). The first kappa shape index (κ1) is 30.0. The van der Waals surface area contributed by atoms with Crippen molar-refractivity contribution in [3.05, 3.63) is 80.8 Å². The minimum Gasteiger partial charge on any atom is -0.468 e. The summed E-state index contributed by atoms with van der Waals surface area (Å²) >= 11 is 0. The monoisotopic (exact) mass is 571 g/mol. The normalized spacial score (nSPS) is 11.0. The van der Waals surface area contributed by atoms with Crippen LogP contribution in [0.4, 0.5) is 5.69 Å². The molecule has 42 heavy (non-hydrogen) atoms. The van der Waals surface area contributed by atoms with Gasteiger partial charge in [0.2, 0.25) is 5.69 Å². The molecule has 0 aliphatic rings. The number of nitrogens with zero attached hydrogens (tertiary/aromatic N) is 4. The first-order valence-corrected chi connectivity index (χ1v) is 13.2. The molecule has 0 aliphatic heterocycles. The Balaban J connectivity index is 1.90. The fourth-order valence-corrected chi connectivity index (χ4v) is 5.10. The summed E-state index contributed by atoms with van der Waals surface area (Å²) in [5.41, 5.74) is 5.91. The lowest BCUT2D eigenvalue weighted by atomic mass is 10.1. The summed E-state index contributed by atoms with van der Waals surface area (Å²) in [4.78, 5) is 48.1. The van der Waals surface area contributed by atoms with E-state index in [-0.39, 0.29) is 36.5 Å². The van der Waals surface area contributed by atoms with E-state index in [1.165, 1.54) is 23.6 Å². The van der Waals surface area contributed by atoms with Crippen LogP contribution in [0.1, 0.15) is 43.9 Å². The van der Waals surface area contributed by atoms with Gasteiger partial charge in [0.1, 0.15) is 11.3 Å². The highest BCUT2D eigenvalue weighted by atomic mass is 16.5. The number of rotatable bonds is 9. The molecule has 218 valence electrons. The molecule has 0 aliphatic carbocycles. The van der Waals surface area contributed by atoms with Gasteiger partial charge in [-0.15, -0.1) is 0 Å². The number of aromatic nitrogens is 3. The largest absolute Gasteiger partial charge is 0.468 e. The second-order valence-electron chi connectivity index (χ2n) is 10.3. The first-order chi connectivity index (χ1) is 19.9. The lowest BCUT2D eigenvalue weighted by Crippen LogP contribution is -2.35. The molecule has 0 saturated heterocycles. The van der Waals surface area contributed by atoms with Crippen molar-refractivity contribution in [2.45, 2.75) is 41.2 Å². The molecule has 0 atom stereocenters. The van der Waals surface area contributed by atoms with Crippen molar-refractivity contribution >= 4 is 29.2 Å². The highest BCUT2D eigenvalue weighted by Crippen LogP contribution is 2.35. The van der Waals surface area contributed by atoms with Gasteiger partial charge in [-0.05, 0) is 57.9 Å². The highest BCUT2D eigenvalue weighted by molar-refractivity contribution is 6.05. The van der Waals surface area contributed by atoms with Crippen LogP contribution >= 0.6 is 0 Å². The van der Waals surface area contributed by atoms with E-state index in [4.69, 9.17) is 25.8 Å². The van der Waals surface area contributed by atoms with Gasteiger partial charge in [-0.2, -0.15) is 0 Å². The molecule has 0 saturated carbocycles. The van der Waals surface area contributed by atoms with Crippen molar-refractivity contribution in [1.82, 2.24) is 19.5 Å². The number of H-pyrrole nitrogens is 1. The SMILES string of the molecule is [C-]#[N+]c1c(C(=O)Oc2c(C)cc(C)cc2C)c2nc(-c3cc(C)cc(C)c3)[nH]n2c1CN(CC(=O)OC)CC(=O)OC. The molecule has 0 fully saturated rings. The zero-order chi connectivity index (χ0) is 30.7. The van der Waals surface area contributed by atoms with Crippen molar-refractivity contribution in [2.75, 3.05) is 27.3 Å². The number of hydrogen-bond acceptors (Lipinski definition) is 8. The van der Waals surface area contributed by atoms with Gasteiger partial charge in [0.25, 0.3) is 0 Å². The van der Waals surface area contributed by atoms with Crippen LogP contribution in [0.2, 0.25) is 0 Å². The number of carbonyl (C=O) groups is 3. The molecule has 0 spiro atoms. The van der Waals surface area contributed by atoms with E-state index in [1.54, 1.807) is 0 Å². The van der Waals surface area contributed by atoms with Gasteiger partial charge in [-0.25, -0.2) is 14.6 Å². The maximum Gasteiger partial charge on any atom is 0.336 e. The molecule has 0 amide bonds. The summed E-state index contributed by atoms with van der Waals surface area (Å²) in [6, 6.07) is 9.78. The van der Waals surface area contributed by atoms with Gasteiger partial charge in [-0.1, -0.05) is 34.9 Å². The fraction of sp³-hybridized carbons (Fsp3) is 0.323. The predicted octanol–water partition coefficient (Wildman–Crippen LogP) is 4.79. The minimum atomic E-state index is -0.745. The maximum atomic E-state index is 13.8. The van der Waals surface area contributed by atoms with Crippen molar-refractivity contribution in [3.63, 3.8) is 0 Å². The Morgan fingerprint density at radius 3 is 1.98 bits per heavy atom. The summed E-state index contributed by atoms with van der Waals surface area (Å²) in [6.45, 7) is 17.0. The maximum absolute atomic E-state index is 13.8. The van der Waals surface area contributed by atoms with Crippen LogP contribution in [0.25, 0.3) is 21.9 Å². The Labute approximate surface area is 243 Å². The average Bonchev–Trinajstić information content (AvgIpc) is 3.47. The van der Waals surface area contributed by atoms with Crippen molar-refractivity contribution in [2.24, 2.45) is 0 Å². The molecule has 11 heteroatoms. The van der Waals surface area contributed by atoms with Crippen LogP contribution in [-0.4, -0.2) is 64.7 Å². The molecule has 2 aromatic heterocycles. The zero-order valence-electron chi connectivity index (χ0n) is 24.7. The lowest BCUT2D eigenvalue weighted by molar-refractivity contribution is -0.145. The second-order valence-corrected chi connectivity index (χ2v) is 10.3. The van der Waals surface area contributed by atoms with E-state index in [9.17, 15) is 14.4 Å². The molecular weight excluding hydrogens is 538 g/mol. The number of benzene rings is 2. The number of methoxy groups -OCH3 is 2. The van der Waals surface area contributed by atoms with Crippen LogP contribution in [0.3, 0.4) is 0 Å². The summed E-state index contributed by atoms with van der Waals surface area (Å²) in [6.07, 6.45) is 0. The van der Waals surface area contributed by atoms with Gasteiger partial charge in [0.15, 0.2) is 11.5 Å². The van der Waals surface area contributed by atoms with Gasteiger partial charge in [0, 0.05) is 12.1 Å². The Kier molecular flexibility index (Phi) is 8.78. The summed E-state index contributed by atoms with van der Waals surface area (Å²) in [5, 5.41) is 3.21. The number of esters is 3. The van der Waals surface area contributed by atoms with Gasteiger partial charge in [0.05, 0.1) is 39.6 Å². The Hall–Kier alpha value is -4.95. The van der Waals surface area contributed by atoms with Crippen LogP contribution in [0.5, 0.6) is 5.75 Å². The second kappa shape index (κ2) is 12.3. The van der Waals surface area contributed by atoms with Crippen molar-refractivity contribution in [3.8, 4) is 17.1 Å². The first-order valence-electron chi connectivity index (χ1n) is 13.2. The smallest absolute Gasteiger partial charge is 0.336 e. The standard InChI is InChI=1S/C31H33N5O6/c1-17-9-18(2)13-22(12-17)29-33-30-26(31(39)42-28-20(4)10-19(3)11-21(28)5)27(32-6)23(36(30)34-29)14-35(15-24(37)40-7)16-25(38)41-8/h9-13H,14-16H2,1-5,7-8H3,(H,33,34). The summed E-state index contributed by atoms with van der Waals surface area (Å²) in [5.74, 6) is -1.03. The number of carbonyl (C=O) groups excluding carboxylic acids is 3. The Morgan fingerprint density at radius 1 is 0.905 bits per heavy atom.